The molecule has 0 spiro atoms. The number of nitrogens with two attached hydrogens (primary N) is 2. The number of carbonyl (C=O) groups is 10. The standard InChI is InChI=1S/C44H71N3O10.C34H59N5O10/c1-13-29(7)40(45(9)42(51)33(27(3)4)25-36(49)39(28(5)6)46(10)44(54)57-14-2)37(55-11)26-38(50)47-22-18-21-34(47)41(56-12)30(8)35(48)24-32(43(52)53)23-31-19-16-15-17-20-31;1-26(2)32(30(40)25-28(5-4-12-37-34(36)43)33(42)38-29-8-6-27(3)7-9-29)39-31(41)10-13-44-15-17-46-19-21-48-23-24-49-22-20-47-18-16-45-14-11-35/h15-17,19-20,27-30,32-34,37,39-41H,13-14,18,21-26H2,1-12H3,(H,52,53);6-9,26,28,32H,4-5,10-25,35H2,1-3H3,(H,38,42)(H,39,41)(H3,36,37,43)/t29-,30-,32+,33-,34-,37+,39-,40-,41+;28-,32+/m01/s1. The number of carbonyl (C=O) groups excluding carboxylic acids is 9. The van der Waals surface area contributed by atoms with E-state index in [2.05, 4.69) is 16.0 Å². The summed E-state index contributed by atoms with van der Waals surface area (Å²) in [4.78, 5) is 136. The molecule has 1 heterocycles. The molecule has 1 aliphatic rings. The minimum atomic E-state index is -1.04. The number of aryl methyl sites for hydroxylation is 1. The third kappa shape index (κ3) is 35.8. The second-order valence-corrected chi connectivity index (χ2v) is 28.2. The Balaban J connectivity index is 0.000000729. The number of nitrogens with one attached hydrogen (secondary N) is 3. The summed E-state index contributed by atoms with van der Waals surface area (Å²) in [6.45, 7) is 27.1. The van der Waals surface area contributed by atoms with Crippen LogP contribution in [-0.4, -0.2) is 249 Å². The number of rotatable bonds is 55. The Labute approximate surface area is 630 Å². The van der Waals surface area contributed by atoms with Crippen molar-refractivity contribution < 1.29 is 95.7 Å². The fourth-order valence-corrected chi connectivity index (χ4v) is 12.9. The molecule has 1 saturated heterocycles. The predicted molar refractivity (Wildman–Crippen MR) is 403 cm³/mol. The zero-order chi connectivity index (χ0) is 79.3. The Morgan fingerprint density at radius 1 is 0.651 bits per heavy atom. The molecule has 0 bridgehead atoms. The fraction of sp³-hybridized carbons (Fsp3) is 0.718. The number of methoxy groups -OCH3 is 2. The number of hydrogen-bond donors (Lipinski definition) is 6. The van der Waals surface area contributed by atoms with E-state index in [0.29, 0.717) is 124 Å². The first kappa shape index (κ1) is 95.1. The molecule has 28 heteroatoms. The van der Waals surface area contributed by atoms with E-state index >= 15 is 0 Å². The maximum Gasteiger partial charge on any atom is 0.410 e. The Morgan fingerprint density at radius 2 is 1.21 bits per heavy atom. The molecule has 11 atom stereocenters. The summed E-state index contributed by atoms with van der Waals surface area (Å²) in [5.41, 5.74) is 13.0. The number of ether oxygens (including phenoxy) is 9. The number of carboxylic acids is 1. The quantitative estimate of drug-likeness (QED) is 0.0345. The van der Waals surface area contributed by atoms with Crippen molar-refractivity contribution >= 4 is 64.8 Å². The number of carboxylic acid groups (broad SMARTS) is 1. The number of primary amides is 1. The molecule has 0 saturated carbocycles. The van der Waals surface area contributed by atoms with Crippen molar-refractivity contribution in [2.24, 2.45) is 58.8 Å². The highest BCUT2D eigenvalue weighted by atomic mass is 16.6. The minimum absolute atomic E-state index is 0.0262. The van der Waals surface area contributed by atoms with Gasteiger partial charge in [0.15, 0.2) is 11.6 Å². The first-order valence-electron chi connectivity index (χ1n) is 37.7. The summed E-state index contributed by atoms with van der Waals surface area (Å²) in [5.74, 6) is -6.37. The van der Waals surface area contributed by atoms with Gasteiger partial charge in [0.1, 0.15) is 5.78 Å². The van der Waals surface area contributed by atoms with Crippen LogP contribution in [0.1, 0.15) is 145 Å². The molecule has 8 N–H and O–H groups in total. The van der Waals surface area contributed by atoms with Gasteiger partial charge in [0, 0.05) is 97.1 Å². The van der Waals surface area contributed by atoms with Crippen LogP contribution in [0.15, 0.2) is 54.6 Å². The Hall–Kier alpha value is -7.02. The lowest BCUT2D eigenvalue weighted by molar-refractivity contribution is -0.149. The maximum absolute atomic E-state index is 14.4. The van der Waals surface area contributed by atoms with E-state index in [1.165, 1.54) is 26.2 Å². The summed E-state index contributed by atoms with van der Waals surface area (Å²) in [7, 11) is 6.29. The monoisotopic (exact) mass is 1500 g/mol. The van der Waals surface area contributed by atoms with Crippen LogP contribution < -0.4 is 27.4 Å². The van der Waals surface area contributed by atoms with E-state index in [-0.39, 0.29) is 123 Å². The first-order valence-corrected chi connectivity index (χ1v) is 37.7. The van der Waals surface area contributed by atoms with Crippen molar-refractivity contribution in [3.05, 3.63) is 65.7 Å². The molecule has 2 aromatic carbocycles. The fourth-order valence-electron chi connectivity index (χ4n) is 12.9. The van der Waals surface area contributed by atoms with E-state index in [1.807, 2.05) is 105 Å². The Morgan fingerprint density at radius 3 is 1.70 bits per heavy atom. The molecule has 1 aliphatic heterocycles. The molecule has 28 nitrogen and oxygen atoms in total. The van der Waals surface area contributed by atoms with Gasteiger partial charge in [0.25, 0.3) is 0 Å². The van der Waals surface area contributed by atoms with Crippen molar-refractivity contribution in [2.75, 3.05) is 139 Å². The number of ketones is 3. The molecule has 0 unspecified atom stereocenters. The van der Waals surface area contributed by atoms with E-state index in [4.69, 9.17) is 54.1 Å². The average Bonchev–Trinajstić information content (AvgIpc) is 1.56. The predicted octanol–water partition coefficient (Wildman–Crippen LogP) is 7.70. The molecule has 602 valence electrons. The van der Waals surface area contributed by atoms with Crippen LogP contribution in [0, 0.1) is 54.3 Å². The van der Waals surface area contributed by atoms with Crippen LogP contribution in [0.25, 0.3) is 0 Å². The van der Waals surface area contributed by atoms with E-state index in [9.17, 15) is 53.1 Å². The van der Waals surface area contributed by atoms with Gasteiger partial charge in [-0.2, -0.15) is 0 Å². The van der Waals surface area contributed by atoms with Crippen LogP contribution in [0.3, 0.4) is 0 Å². The summed E-state index contributed by atoms with van der Waals surface area (Å²) < 4.78 is 49.5. The Bertz CT molecular complexity index is 2890. The van der Waals surface area contributed by atoms with Gasteiger partial charge in [-0.05, 0) is 87.3 Å². The smallest absolute Gasteiger partial charge is 0.410 e. The maximum atomic E-state index is 14.4. The number of benzene rings is 2. The van der Waals surface area contributed by atoms with Gasteiger partial charge in [-0.1, -0.05) is 117 Å². The van der Waals surface area contributed by atoms with Gasteiger partial charge in [0.2, 0.25) is 23.6 Å². The summed E-state index contributed by atoms with van der Waals surface area (Å²) in [6.07, 6.45) is 0.886. The van der Waals surface area contributed by atoms with Crippen LogP contribution in [-0.2, 0) is 87.4 Å². The number of aliphatic carboxylic acids is 1. The van der Waals surface area contributed by atoms with Crippen LogP contribution >= 0.6 is 0 Å². The van der Waals surface area contributed by atoms with Crippen molar-refractivity contribution in [3.63, 3.8) is 0 Å². The van der Waals surface area contributed by atoms with Gasteiger partial charge in [-0.25, -0.2) is 9.59 Å². The van der Waals surface area contributed by atoms with E-state index < -0.39 is 78.1 Å². The number of amides is 7. The van der Waals surface area contributed by atoms with E-state index in [1.54, 1.807) is 42.8 Å². The zero-order valence-corrected chi connectivity index (χ0v) is 66.1. The van der Waals surface area contributed by atoms with Gasteiger partial charge in [-0.15, -0.1) is 0 Å². The average molecular weight is 1500 g/mol. The molecule has 0 aliphatic carbocycles. The number of likely N-dealkylation sites (N-methyl/N-ethyl adjacent to an activating group) is 2. The van der Waals surface area contributed by atoms with Crippen LogP contribution in [0.4, 0.5) is 15.3 Å². The molecule has 1 fully saturated rings. The van der Waals surface area contributed by atoms with Gasteiger partial charge in [-0.3, -0.25) is 38.4 Å². The molecule has 106 heavy (non-hydrogen) atoms. The number of hydrogen-bond acceptors (Lipinski definition) is 20. The van der Waals surface area contributed by atoms with Crippen LogP contribution in [0.5, 0.6) is 0 Å². The number of Topliss-reactive ketones (excluding diaryl/α,β-unsaturated/α-hetero) is 3. The third-order valence-corrected chi connectivity index (χ3v) is 19.0. The number of urea groups is 1. The van der Waals surface area contributed by atoms with Gasteiger partial charge >= 0.3 is 18.1 Å². The molecule has 7 amide bonds. The topological polar surface area (TPSA) is 372 Å². The highest BCUT2D eigenvalue weighted by molar-refractivity contribution is 5.97. The lowest BCUT2D eigenvalue weighted by atomic mass is 9.83. The van der Waals surface area contributed by atoms with Crippen molar-refractivity contribution in [2.45, 2.75) is 183 Å². The number of likely N-dealkylation sites (tertiary alicyclic amines) is 1. The van der Waals surface area contributed by atoms with Crippen molar-refractivity contribution in [1.29, 1.82) is 0 Å². The highest BCUT2D eigenvalue weighted by Crippen LogP contribution is 2.33. The molecular weight excluding hydrogens is 1370 g/mol. The summed E-state index contributed by atoms with van der Waals surface area (Å²) in [6, 6.07) is 13.5. The largest absolute Gasteiger partial charge is 0.481 e. The molecule has 0 aromatic heterocycles. The van der Waals surface area contributed by atoms with Crippen molar-refractivity contribution in [3.8, 4) is 0 Å². The summed E-state index contributed by atoms with van der Waals surface area (Å²) >= 11 is 0. The highest BCUT2D eigenvalue weighted by Gasteiger charge is 2.44. The normalized spacial score (nSPS) is 15.7. The van der Waals surface area contributed by atoms with Crippen LogP contribution in [0.2, 0.25) is 0 Å². The lowest BCUT2D eigenvalue weighted by Crippen LogP contribution is -2.54. The molecular formula is C78H130N8O20. The lowest BCUT2D eigenvalue weighted by Gasteiger charge is -2.41. The first-order chi connectivity index (χ1) is 50.5. The van der Waals surface area contributed by atoms with Gasteiger partial charge < -0.3 is 89.9 Å². The summed E-state index contributed by atoms with van der Waals surface area (Å²) in [5, 5.41) is 18.1. The van der Waals surface area contributed by atoms with Gasteiger partial charge in [0.05, 0.1) is 135 Å². The molecule has 0 radical (unpaired) electrons. The molecule has 2 aromatic rings. The third-order valence-electron chi connectivity index (χ3n) is 19.0. The minimum Gasteiger partial charge on any atom is -0.481 e. The number of nitrogens with zero attached hydrogens (tertiary/aromatic N) is 3. The second kappa shape index (κ2) is 53.7. The van der Waals surface area contributed by atoms with Crippen molar-refractivity contribution in [1.82, 2.24) is 25.3 Å². The van der Waals surface area contributed by atoms with E-state index in [0.717, 1.165) is 11.1 Å². The SMILES string of the molecule is CCOC(=O)N(C)[C@H](C(=O)C[C@H](C(=O)N(C)[C@@H]([C@@H](C)CC)[C@@H](CC(=O)N1CCC[C@H]1[C@H](OC)[C@@H](C)C(=O)C[C@@H](Cc1ccccc1)C(=O)O)OC)C(C)C)C(C)C.Cc1ccc(NC(=O)[C@H](CCCNC(N)=O)CC(=O)[C@@H](NC(=O)CCOCCOCCOCCOCCOCCOCCN)C(C)C)cc1. The number of anilines is 1. The second-order valence-electron chi connectivity index (χ2n) is 28.2. The zero-order valence-electron chi connectivity index (χ0n) is 66.1. The molecule has 3 rings (SSSR count). The Kier molecular flexibility index (Phi) is 48.2.